The molecule has 1 aromatic carbocycles. The van der Waals surface area contributed by atoms with Crippen molar-refractivity contribution in [2.45, 2.75) is 45.1 Å². The molecule has 3 N–H and O–H groups in total. The summed E-state index contributed by atoms with van der Waals surface area (Å²) in [6.07, 6.45) is 8.26. The van der Waals surface area contributed by atoms with Crippen LogP contribution in [0.15, 0.2) is 24.4 Å². The molecule has 1 heterocycles. The SMILES string of the molecule is OCCC1(CNCc2cn[nH]c2-c2c(F)cccc2F)CCCCC1. The van der Waals surface area contributed by atoms with E-state index in [4.69, 9.17) is 0 Å². The number of H-pyrrole nitrogens is 1. The maximum absolute atomic E-state index is 14.0. The van der Waals surface area contributed by atoms with E-state index in [1.807, 2.05) is 0 Å². The summed E-state index contributed by atoms with van der Waals surface area (Å²) in [4.78, 5) is 0. The van der Waals surface area contributed by atoms with E-state index in [-0.39, 0.29) is 17.6 Å². The number of aliphatic hydroxyl groups excluding tert-OH is 1. The van der Waals surface area contributed by atoms with E-state index < -0.39 is 11.6 Å². The zero-order valence-electron chi connectivity index (χ0n) is 14.3. The van der Waals surface area contributed by atoms with E-state index in [2.05, 4.69) is 15.5 Å². The van der Waals surface area contributed by atoms with Crippen LogP contribution in [0.25, 0.3) is 11.3 Å². The van der Waals surface area contributed by atoms with Crippen molar-refractivity contribution in [1.29, 1.82) is 0 Å². The van der Waals surface area contributed by atoms with Crippen molar-refractivity contribution in [3.8, 4) is 11.3 Å². The van der Waals surface area contributed by atoms with Gasteiger partial charge in [-0.25, -0.2) is 8.78 Å². The van der Waals surface area contributed by atoms with E-state index in [1.54, 1.807) is 6.20 Å². The van der Waals surface area contributed by atoms with Gasteiger partial charge in [0.15, 0.2) is 0 Å². The van der Waals surface area contributed by atoms with E-state index in [9.17, 15) is 13.9 Å². The molecule has 0 aliphatic heterocycles. The van der Waals surface area contributed by atoms with Gasteiger partial charge in [0.2, 0.25) is 0 Å². The number of rotatable bonds is 7. The highest BCUT2D eigenvalue weighted by Crippen LogP contribution is 2.38. The number of hydrogen-bond donors (Lipinski definition) is 3. The van der Waals surface area contributed by atoms with Crippen molar-refractivity contribution >= 4 is 0 Å². The fourth-order valence-electron chi connectivity index (χ4n) is 3.91. The van der Waals surface area contributed by atoms with Gasteiger partial charge in [-0.2, -0.15) is 5.10 Å². The minimum Gasteiger partial charge on any atom is -0.396 e. The summed E-state index contributed by atoms with van der Waals surface area (Å²) < 4.78 is 28.1. The predicted molar refractivity (Wildman–Crippen MR) is 92.9 cm³/mol. The Balaban J connectivity index is 1.70. The molecule has 4 nitrogen and oxygen atoms in total. The average Bonchev–Trinajstić information content (AvgIpc) is 3.04. The van der Waals surface area contributed by atoms with Crippen molar-refractivity contribution in [1.82, 2.24) is 15.5 Å². The molecule has 0 unspecified atom stereocenters. The van der Waals surface area contributed by atoms with E-state index in [0.29, 0.717) is 12.2 Å². The molecule has 0 amide bonds. The first-order valence-corrected chi connectivity index (χ1v) is 8.93. The van der Waals surface area contributed by atoms with Crippen molar-refractivity contribution in [2.24, 2.45) is 5.41 Å². The maximum Gasteiger partial charge on any atom is 0.135 e. The average molecular weight is 349 g/mol. The number of halogens is 2. The smallest absolute Gasteiger partial charge is 0.135 e. The van der Waals surface area contributed by atoms with Crippen molar-refractivity contribution in [3.05, 3.63) is 41.6 Å². The zero-order chi connectivity index (χ0) is 17.7. The third-order valence-corrected chi connectivity index (χ3v) is 5.30. The Labute approximate surface area is 146 Å². The molecule has 0 bridgehead atoms. The number of nitrogens with one attached hydrogen (secondary N) is 2. The molecule has 0 atom stereocenters. The largest absolute Gasteiger partial charge is 0.396 e. The number of aliphatic hydroxyl groups is 1. The molecule has 1 aliphatic carbocycles. The van der Waals surface area contributed by atoms with Gasteiger partial charge < -0.3 is 10.4 Å². The molecule has 25 heavy (non-hydrogen) atoms. The number of aromatic amines is 1. The molecule has 1 fully saturated rings. The fourth-order valence-corrected chi connectivity index (χ4v) is 3.91. The molecule has 1 aromatic heterocycles. The Bertz CT molecular complexity index is 670. The molecule has 2 aromatic rings. The van der Waals surface area contributed by atoms with Crippen LogP contribution in [0, 0.1) is 17.0 Å². The highest BCUT2D eigenvalue weighted by Gasteiger charge is 2.31. The lowest BCUT2D eigenvalue weighted by Crippen LogP contribution is -2.36. The van der Waals surface area contributed by atoms with Gasteiger partial charge in [0.25, 0.3) is 0 Å². The lowest BCUT2D eigenvalue weighted by Gasteiger charge is -2.37. The standard InChI is InChI=1S/C19H25F2N3O/c20-15-5-4-6-16(21)17(15)18-14(12-23-24-18)11-22-13-19(9-10-25)7-2-1-3-8-19/h4-6,12,22,25H,1-3,7-11,13H2,(H,23,24). The van der Waals surface area contributed by atoms with E-state index >= 15 is 0 Å². The molecule has 1 aliphatic rings. The number of nitrogens with zero attached hydrogens (tertiary/aromatic N) is 1. The van der Waals surface area contributed by atoms with Gasteiger partial charge in [0, 0.05) is 25.3 Å². The second-order valence-corrected chi connectivity index (χ2v) is 7.00. The van der Waals surface area contributed by atoms with Crippen molar-refractivity contribution in [3.63, 3.8) is 0 Å². The van der Waals surface area contributed by atoms with Crippen LogP contribution in [0.4, 0.5) is 8.78 Å². The summed E-state index contributed by atoms with van der Waals surface area (Å²) in [5.74, 6) is -1.20. The Morgan fingerprint density at radius 2 is 1.88 bits per heavy atom. The lowest BCUT2D eigenvalue weighted by atomic mass is 9.72. The van der Waals surface area contributed by atoms with Gasteiger partial charge in [-0.05, 0) is 36.8 Å². The first-order chi connectivity index (χ1) is 12.2. The maximum atomic E-state index is 14.0. The number of benzene rings is 1. The highest BCUT2D eigenvalue weighted by atomic mass is 19.1. The monoisotopic (exact) mass is 349 g/mol. The van der Waals surface area contributed by atoms with Gasteiger partial charge in [-0.3, -0.25) is 5.10 Å². The van der Waals surface area contributed by atoms with Crippen molar-refractivity contribution in [2.75, 3.05) is 13.2 Å². The first-order valence-electron chi connectivity index (χ1n) is 8.93. The molecule has 3 rings (SSSR count). The Morgan fingerprint density at radius 3 is 2.56 bits per heavy atom. The summed E-state index contributed by atoms with van der Waals surface area (Å²) >= 11 is 0. The molecule has 0 spiro atoms. The van der Waals surface area contributed by atoms with Crippen LogP contribution in [-0.4, -0.2) is 28.5 Å². The third kappa shape index (κ3) is 4.07. The van der Waals surface area contributed by atoms with Crippen molar-refractivity contribution < 1.29 is 13.9 Å². The molecule has 0 radical (unpaired) electrons. The van der Waals surface area contributed by atoms with Crippen LogP contribution in [0.5, 0.6) is 0 Å². The van der Waals surface area contributed by atoms with Gasteiger partial charge in [-0.15, -0.1) is 0 Å². The Kier molecular flexibility index (Phi) is 5.81. The number of hydrogen-bond acceptors (Lipinski definition) is 3. The van der Waals surface area contributed by atoms with Crippen LogP contribution < -0.4 is 5.32 Å². The Morgan fingerprint density at radius 1 is 1.16 bits per heavy atom. The normalized spacial score (nSPS) is 16.9. The van der Waals surface area contributed by atoms with Gasteiger partial charge in [-0.1, -0.05) is 25.3 Å². The summed E-state index contributed by atoms with van der Waals surface area (Å²) in [7, 11) is 0. The van der Waals surface area contributed by atoms with E-state index in [1.165, 1.54) is 37.5 Å². The van der Waals surface area contributed by atoms with Crippen LogP contribution in [0.3, 0.4) is 0 Å². The summed E-state index contributed by atoms with van der Waals surface area (Å²) in [5, 5.41) is 19.5. The minimum absolute atomic E-state index is 0.0699. The van der Waals surface area contributed by atoms with Crippen LogP contribution in [0.1, 0.15) is 44.1 Å². The fraction of sp³-hybridized carbons (Fsp3) is 0.526. The zero-order valence-corrected chi connectivity index (χ0v) is 14.3. The second-order valence-electron chi connectivity index (χ2n) is 7.00. The van der Waals surface area contributed by atoms with E-state index in [0.717, 1.165) is 31.4 Å². The Hall–Kier alpha value is -1.79. The molecule has 136 valence electrons. The molecular formula is C19H25F2N3O. The highest BCUT2D eigenvalue weighted by molar-refractivity contribution is 5.64. The number of aromatic nitrogens is 2. The lowest BCUT2D eigenvalue weighted by molar-refractivity contribution is 0.126. The predicted octanol–water partition coefficient (Wildman–Crippen LogP) is 3.78. The second kappa shape index (κ2) is 8.06. The van der Waals surface area contributed by atoms with Gasteiger partial charge in [0.05, 0.1) is 17.5 Å². The van der Waals surface area contributed by atoms with Gasteiger partial charge in [0.1, 0.15) is 11.6 Å². The first kappa shape index (κ1) is 18.0. The quantitative estimate of drug-likeness (QED) is 0.713. The molecule has 1 saturated carbocycles. The van der Waals surface area contributed by atoms with Crippen LogP contribution in [-0.2, 0) is 6.54 Å². The third-order valence-electron chi connectivity index (χ3n) is 5.30. The summed E-state index contributed by atoms with van der Waals surface area (Å²) in [5.41, 5.74) is 1.17. The van der Waals surface area contributed by atoms with Gasteiger partial charge >= 0.3 is 0 Å². The molecule has 0 saturated heterocycles. The summed E-state index contributed by atoms with van der Waals surface area (Å²) in [6.45, 7) is 1.46. The van der Waals surface area contributed by atoms with Crippen LogP contribution in [0.2, 0.25) is 0 Å². The molecule has 6 heteroatoms. The topological polar surface area (TPSA) is 60.9 Å². The minimum atomic E-state index is -0.602. The molecular weight excluding hydrogens is 324 g/mol. The summed E-state index contributed by atoms with van der Waals surface area (Å²) in [6, 6.07) is 3.84. The van der Waals surface area contributed by atoms with Crippen LogP contribution >= 0.6 is 0 Å².